The van der Waals surface area contributed by atoms with Crippen molar-refractivity contribution >= 4 is 11.7 Å². The maximum absolute atomic E-state index is 12.6. The zero-order valence-corrected chi connectivity index (χ0v) is 12.4. The zero-order valence-electron chi connectivity index (χ0n) is 12.4. The molecule has 1 saturated heterocycles. The molecule has 2 heterocycles. The van der Waals surface area contributed by atoms with Gasteiger partial charge in [0.05, 0.1) is 0 Å². The summed E-state index contributed by atoms with van der Waals surface area (Å²) in [5, 5.41) is 0. The molecule has 3 nitrogen and oxygen atoms in total. The molecule has 1 amide bonds. The molecule has 0 bridgehead atoms. The lowest BCUT2D eigenvalue weighted by Crippen LogP contribution is -2.33. The fourth-order valence-electron chi connectivity index (χ4n) is 3.39. The van der Waals surface area contributed by atoms with Gasteiger partial charge >= 0.3 is 0 Å². The van der Waals surface area contributed by atoms with Crippen molar-refractivity contribution in [2.75, 3.05) is 6.54 Å². The van der Waals surface area contributed by atoms with E-state index in [1.54, 1.807) is 0 Å². The van der Waals surface area contributed by atoms with E-state index in [1.165, 1.54) is 11.1 Å². The summed E-state index contributed by atoms with van der Waals surface area (Å²) in [4.78, 5) is 19.2. The monoisotopic (exact) mass is 290 g/mol. The van der Waals surface area contributed by atoms with Crippen molar-refractivity contribution in [3.05, 3.63) is 71.8 Å². The molecule has 22 heavy (non-hydrogen) atoms. The fraction of sp³-hybridized carbons (Fsp3) is 0.263. The predicted octanol–water partition coefficient (Wildman–Crippen LogP) is 3.03. The smallest absolute Gasteiger partial charge is 0.253 e. The van der Waals surface area contributed by atoms with Crippen LogP contribution in [0.1, 0.15) is 23.5 Å². The number of amidine groups is 1. The fourth-order valence-corrected chi connectivity index (χ4v) is 3.39. The van der Waals surface area contributed by atoms with Crippen molar-refractivity contribution in [2.45, 2.75) is 24.8 Å². The Morgan fingerprint density at radius 2 is 1.68 bits per heavy atom. The molecule has 0 radical (unpaired) electrons. The standard InChI is InChI=1S/C19H18N2O/c22-19-17(11-14-7-3-1-4-8-14)20-18-12-16(13-21(18)19)15-9-5-2-6-10-15/h1-10,16-17H,11-13H2. The maximum Gasteiger partial charge on any atom is 0.253 e. The Balaban J connectivity index is 1.51. The van der Waals surface area contributed by atoms with E-state index in [0.29, 0.717) is 12.3 Å². The lowest BCUT2D eigenvalue weighted by molar-refractivity contribution is -0.127. The van der Waals surface area contributed by atoms with Gasteiger partial charge in [-0.3, -0.25) is 14.7 Å². The van der Waals surface area contributed by atoms with E-state index in [2.05, 4.69) is 36.4 Å². The molecule has 110 valence electrons. The predicted molar refractivity (Wildman–Crippen MR) is 86.9 cm³/mol. The van der Waals surface area contributed by atoms with Crippen molar-refractivity contribution in [1.29, 1.82) is 0 Å². The van der Waals surface area contributed by atoms with Gasteiger partial charge in [-0.1, -0.05) is 60.7 Å². The van der Waals surface area contributed by atoms with Crippen LogP contribution in [0.15, 0.2) is 65.7 Å². The summed E-state index contributed by atoms with van der Waals surface area (Å²) < 4.78 is 0. The van der Waals surface area contributed by atoms with Crippen LogP contribution < -0.4 is 0 Å². The van der Waals surface area contributed by atoms with Crippen LogP contribution in [0.4, 0.5) is 0 Å². The Bertz CT molecular complexity index is 709. The first-order valence-electron chi connectivity index (χ1n) is 7.78. The van der Waals surface area contributed by atoms with Crippen LogP contribution in [0.3, 0.4) is 0 Å². The third kappa shape index (κ3) is 2.33. The minimum Gasteiger partial charge on any atom is -0.298 e. The molecule has 1 fully saturated rings. The highest BCUT2D eigenvalue weighted by molar-refractivity contribution is 6.07. The molecule has 2 aromatic carbocycles. The van der Waals surface area contributed by atoms with Crippen LogP contribution in [0.5, 0.6) is 0 Å². The first-order valence-corrected chi connectivity index (χ1v) is 7.78. The van der Waals surface area contributed by atoms with Crippen LogP contribution in [-0.4, -0.2) is 29.2 Å². The summed E-state index contributed by atoms with van der Waals surface area (Å²) in [6.45, 7) is 0.771. The van der Waals surface area contributed by atoms with Gasteiger partial charge in [-0.25, -0.2) is 0 Å². The Morgan fingerprint density at radius 1 is 1.00 bits per heavy atom. The number of amides is 1. The molecule has 0 aliphatic carbocycles. The quantitative estimate of drug-likeness (QED) is 0.855. The van der Waals surface area contributed by atoms with Gasteiger partial charge in [0.2, 0.25) is 0 Å². The average molecular weight is 290 g/mol. The van der Waals surface area contributed by atoms with E-state index in [1.807, 2.05) is 29.2 Å². The van der Waals surface area contributed by atoms with Gasteiger partial charge in [-0.15, -0.1) is 0 Å². The topological polar surface area (TPSA) is 32.7 Å². The highest BCUT2D eigenvalue weighted by Crippen LogP contribution is 2.33. The molecule has 2 atom stereocenters. The van der Waals surface area contributed by atoms with Gasteiger partial charge in [-0.05, 0) is 11.1 Å². The molecule has 2 aliphatic rings. The second-order valence-corrected chi connectivity index (χ2v) is 6.01. The summed E-state index contributed by atoms with van der Waals surface area (Å²) in [5.41, 5.74) is 2.47. The zero-order chi connectivity index (χ0) is 14.9. The second kappa shape index (κ2) is 5.41. The molecule has 0 aromatic heterocycles. The number of carbonyl (C=O) groups excluding carboxylic acids is 1. The number of hydrogen-bond acceptors (Lipinski definition) is 2. The molecule has 3 heteroatoms. The summed E-state index contributed by atoms with van der Waals surface area (Å²) in [6.07, 6.45) is 1.58. The maximum atomic E-state index is 12.6. The minimum atomic E-state index is -0.228. The molecule has 2 unspecified atom stereocenters. The van der Waals surface area contributed by atoms with Crippen molar-refractivity contribution in [3.63, 3.8) is 0 Å². The summed E-state index contributed by atoms with van der Waals surface area (Å²) >= 11 is 0. The van der Waals surface area contributed by atoms with Gasteiger partial charge < -0.3 is 0 Å². The van der Waals surface area contributed by atoms with Gasteiger partial charge in [0.1, 0.15) is 11.9 Å². The van der Waals surface area contributed by atoms with Crippen molar-refractivity contribution in [3.8, 4) is 0 Å². The Kier molecular flexibility index (Phi) is 3.26. The van der Waals surface area contributed by atoms with Crippen LogP contribution in [0.2, 0.25) is 0 Å². The summed E-state index contributed by atoms with van der Waals surface area (Å²) in [6, 6.07) is 20.3. The number of fused-ring (bicyclic) bond motifs is 1. The molecule has 0 spiro atoms. The van der Waals surface area contributed by atoms with Crippen LogP contribution in [-0.2, 0) is 11.2 Å². The molecular weight excluding hydrogens is 272 g/mol. The van der Waals surface area contributed by atoms with E-state index in [0.717, 1.165) is 18.8 Å². The first kappa shape index (κ1) is 13.3. The normalized spacial score (nSPS) is 23.5. The van der Waals surface area contributed by atoms with E-state index in [9.17, 15) is 4.79 Å². The number of aliphatic imine (C=N–C) groups is 1. The molecule has 4 rings (SSSR count). The van der Waals surface area contributed by atoms with Gasteiger partial charge in [0.15, 0.2) is 0 Å². The molecule has 2 aromatic rings. The van der Waals surface area contributed by atoms with Crippen molar-refractivity contribution in [2.24, 2.45) is 4.99 Å². The van der Waals surface area contributed by atoms with E-state index in [-0.39, 0.29) is 11.9 Å². The van der Waals surface area contributed by atoms with Crippen molar-refractivity contribution < 1.29 is 4.79 Å². The molecule has 0 saturated carbocycles. The average Bonchev–Trinajstić information content (AvgIpc) is 3.10. The number of rotatable bonds is 3. The Morgan fingerprint density at radius 3 is 2.36 bits per heavy atom. The lowest BCUT2D eigenvalue weighted by Gasteiger charge is -2.14. The lowest BCUT2D eigenvalue weighted by atomic mass is 9.98. The number of benzene rings is 2. The Labute approximate surface area is 130 Å². The molecule has 2 aliphatic heterocycles. The van der Waals surface area contributed by atoms with Crippen LogP contribution in [0, 0.1) is 0 Å². The summed E-state index contributed by atoms with van der Waals surface area (Å²) in [5.74, 6) is 1.53. The highest BCUT2D eigenvalue weighted by atomic mass is 16.2. The minimum absolute atomic E-state index is 0.164. The largest absolute Gasteiger partial charge is 0.298 e. The van der Waals surface area contributed by atoms with E-state index in [4.69, 9.17) is 4.99 Å². The van der Waals surface area contributed by atoms with E-state index >= 15 is 0 Å². The third-order valence-corrected chi connectivity index (χ3v) is 4.54. The van der Waals surface area contributed by atoms with Crippen LogP contribution >= 0.6 is 0 Å². The van der Waals surface area contributed by atoms with Crippen molar-refractivity contribution in [1.82, 2.24) is 4.90 Å². The Hall–Kier alpha value is -2.42. The van der Waals surface area contributed by atoms with Crippen LogP contribution in [0.25, 0.3) is 0 Å². The number of hydrogen-bond donors (Lipinski definition) is 0. The summed E-state index contributed by atoms with van der Waals surface area (Å²) in [7, 11) is 0. The number of nitrogens with zero attached hydrogens (tertiary/aromatic N) is 2. The van der Waals surface area contributed by atoms with Gasteiger partial charge in [0.25, 0.3) is 5.91 Å². The number of carbonyl (C=O) groups is 1. The second-order valence-electron chi connectivity index (χ2n) is 6.01. The first-order chi connectivity index (χ1) is 10.8. The third-order valence-electron chi connectivity index (χ3n) is 4.54. The highest BCUT2D eigenvalue weighted by Gasteiger charge is 2.41. The SMILES string of the molecule is O=C1C(Cc2ccccc2)N=C2CC(c3ccccc3)CN12. The van der Waals surface area contributed by atoms with E-state index < -0.39 is 0 Å². The van der Waals surface area contributed by atoms with Gasteiger partial charge in [0, 0.05) is 25.3 Å². The molecule has 0 N–H and O–H groups in total. The van der Waals surface area contributed by atoms with Gasteiger partial charge in [-0.2, -0.15) is 0 Å². The molecular formula is C19H18N2O.